The third-order valence-corrected chi connectivity index (χ3v) is 9.78. The molecule has 3 saturated carbocycles. The van der Waals surface area contributed by atoms with E-state index in [-0.39, 0.29) is 29.5 Å². The van der Waals surface area contributed by atoms with Crippen LogP contribution in [-0.2, 0) is 14.3 Å². The largest absolute Gasteiger partial charge is 0.381 e. The Bertz CT molecular complexity index is 1140. The fourth-order valence-corrected chi connectivity index (χ4v) is 7.84. The van der Waals surface area contributed by atoms with Crippen molar-refractivity contribution in [2.75, 3.05) is 20.2 Å². The SMILES string of the molecule is CO[C@@H]1CC[C@@]2(C(=O)N3C[C@@H]4C[C@H]3CN4C(=O)[C@@H]3C[C@H]3c3cccc4ccccc34)CC[C@@H]12. The van der Waals surface area contributed by atoms with Crippen molar-refractivity contribution in [1.82, 2.24) is 9.80 Å². The van der Waals surface area contributed by atoms with E-state index in [0.29, 0.717) is 23.7 Å². The van der Waals surface area contributed by atoms with Gasteiger partial charge in [-0.05, 0) is 66.7 Å². The van der Waals surface area contributed by atoms with Crippen LogP contribution >= 0.6 is 0 Å². The maximum Gasteiger partial charge on any atom is 0.229 e. The van der Waals surface area contributed by atoms with Gasteiger partial charge in [-0.15, -0.1) is 0 Å². The van der Waals surface area contributed by atoms with Gasteiger partial charge in [0.1, 0.15) is 0 Å². The van der Waals surface area contributed by atoms with Crippen LogP contribution in [-0.4, -0.2) is 60.0 Å². The number of amides is 2. The summed E-state index contributed by atoms with van der Waals surface area (Å²) in [7, 11) is 1.79. The molecule has 2 bridgehead atoms. The average Bonchev–Trinajstić information content (AvgIpc) is 3.24. The molecule has 0 unspecified atom stereocenters. The molecule has 2 saturated heterocycles. The van der Waals surface area contributed by atoms with Gasteiger partial charge in [0.2, 0.25) is 11.8 Å². The van der Waals surface area contributed by atoms with Gasteiger partial charge in [-0.3, -0.25) is 9.59 Å². The predicted octanol–water partition coefficient (Wildman–Crippen LogP) is 3.96. The van der Waals surface area contributed by atoms with Gasteiger partial charge in [0.15, 0.2) is 0 Å². The number of carbonyl (C=O) groups is 2. The highest BCUT2D eigenvalue weighted by molar-refractivity contribution is 5.90. The van der Waals surface area contributed by atoms with Crippen molar-refractivity contribution < 1.29 is 14.3 Å². The van der Waals surface area contributed by atoms with Crippen molar-refractivity contribution in [2.45, 2.75) is 62.6 Å². The van der Waals surface area contributed by atoms with Crippen molar-refractivity contribution in [3.8, 4) is 0 Å². The third-order valence-electron chi connectivity index (χ3n) is 9.78. The molecule has 2 aliphatic heterocycles. The Morgan fingerprint density at radius 1 is 0.939 bits per heavy atom. The Balaban J connectivity index is 1.04. The molecule has 0 spiro atoms. The zero-order valence-electron chi connectivity index (χ0n) is 19.3. The molecule has 0 N–H and O–H groups in total. The van der Waals surface area contributed by atoms with Crippen molar-refractivity contribution in [3.05, 3.63) is 48.0 Å². The molecule has 33 heavy (non-hydrogen) atoms. The lowest BCUT2D eigenvalue weighted by molar-refractivity contribution is -0.158. The Kier molecular flexibility index (Phi) is 4.28. The van der Waals surface area contributed by atoms with E-state index in [0.717, 1.165) is 51.6 Å². The number of hydrogen-bond donors (Lipinski definition) is 0. The number of methoxy groups -OCH3 is 1. The summed E-state index contributed by atoms with van der Waals surface area (Å²) in [6, 6.07) is 15.3. The lowest BCUT2D eigenvalue weighted by atomic mass is 9.60. The van der Waals surface area contributed by atoms with Crippen molar-refractivity contribution >= 4 is 22.6 Å². The molecule has 0 aromatic heterocycles. The first kappa shape index (κ1) is 20.0. The third kappa shape index (κ3) is 2.75. The lowest BCUT2D eigenvalue weighted by Crippen LogP contribution is -2.58. The van der Waals surface area contributed by atoms with Crippen LogP contribution in [0.15, 0.2) is 42.5 Å². The van der Waals surface area contributed by atoms with Crippen LogP contribution in [0.3, 0.4) is 0 Å². The summed E-state index contributed by atoms with van der Waals surface area (Å²) in [4.78, 5) is 31.4. The van der Waals surface area contributed by atoms with Crippen LogP contribution in [0, 0.1) is 17.3 Å². The predicted molar refractivity (Wildman–Crippen MR) is 126 cm³/mol. The van der Waals surface area contributed by atoms with E-state index in [4.69, 9.17) is 4.74 Å². The van der Waals surface area contributed by atoms with Gasteiger partial charge < -0.3 is 14.5 Å². The second-order valence-electron chi connectivity index (χ2n) is 11.1. The van der Waals surface area contributed by atoms with Crippen molar-refractivity contribution in [2.24, 2.45) is 17.3 Å². The summed E-state index contributed by atoms with van der Waals surface area (Å²) in [5.41, 5.74) is 1.15. The first-order valence-corrected chi connectivity index (χ1v) is 12.7. The molecular weight excluding hydrogens is 412 g/mol. The molecule has 5 nitrogen and oxygen atoms in total. The average molecular weight is 445 g/mol. The number of hydrogen-bond acceptors (Lipinski definition) is 3. The Hall–Kier alpha value is -2.40. The summed E-state index contributed by atoms with van der Waals surface area (Å²) in [5, 5.41) is 2.53. The molecule has 3 aliphatic carbocycles. The highest BCUT2D eigenvalue weighted by Crippen LogP contribution is 2.60. The Morgan fingerprint density at radius 2 is 1.70 bits per heavy atom. The minimum Gasteiger partial charge on any atom is -0.381 e. The minimum absolute atomic E-state index is 0.103. The van der Waals surface area contributed by atoms with E-state index >= 15 is 0 Å². The van der Waals surface area contributed by atoms with Crippen LogP contribution in [0.25, 0.3) is 10.8 Å². The second kappa shape index (κ2) is 7.05. The van der Waals surface area contributed by atoms with Gasteiger partial charge in [-0.25, -0.2) is 0 Å². The zero-order valence-corrected chi connectivity index (χ0v) is 19.3. The van der Waals surface area contributed by atoms with Gasteiger partial charge in [-0.1, -0.05) is 42.5 Å². The highest BCUT2D eigenvalue weighted by atomic mass is 16.5. The van der Waals surface area contributed by atoms with Gasteiger partial charge in [0, 0.05) is 26.1 Å². The number of fused-ring (bicyclic) bond motifs is 4. The van der Waals surface area contributed by atoms with Crippen LogP contribution in [0.1, 0.15) is 50.0 Å². The molecule has 2 aromatic carbocycles. The van der Waals surface area contributed by atoms with E-state index in [9.17, 15) is 9.59 Å². The van der Waals surface area contributed by atoms with Gasteiger partial charge >= 0.3 is 0 Å². The molecule has 2 aromatic rings. The highest BCUT2D eigenvalue weighted by Gasteiger charge is 2.63. The smallest absolute Gasteiger partial charge is 0.229 e. The van der Waals surface area contributed by atoms with E-state index in [1.54, 1.807) is 7.11 Å². The monoisotopic (exact) mass is 444 g/mol. The summed E-state index contributed by atoms with van der Waals surface area (Å²) in [6.45, 7) is 1.45. The van der Waals surface area contributed by atoms with E-state index in [1.807, 2.05) is 0 Å². The number of ether oxygens (including phenoxy) is 1. The van der Waals surface area contributed by atoms with Crippen LogP contribution in [0.5, 0.6) is 0 Å². The molecule has 7 rings (SSSR count). The fourth-order valence-electron chi connectivity index (χ4n) is 7.84. The maximum atomic E-state index is 13.6. The van der Waals surface area contributed by atoms with E-state index < -0.39 is 0 Å². The van der Waals surface area contributed by atoms with Crippen LogP contribution < -0.4 is 0 Å². The zero-order chi connectivity index (χ0) is 22.3. The number of nitrogens with zero attached hydrogens (tertiary/aromatic N) is 2. The van der Waals surface area contributed by atoms with Gasteiger partial charge in [0.25, 0.3) is 0 Å². The standard InChI is InChI=1S/C28H32N2O3/c1-33-25-10-12-28(11-9-24(25)28)27(32)30-16-18-13-19(30)15-29(18)26(31)23-14-22(23)21-8-4-6-17-5-2-3-7-20(17)21/h2-8,18-19,22-25H,9-16H2,1H3/t18-,19-,22-,23+,24-,25+,28-/m0/s1. The number of piperazine rings is 1. The number of carbonyl (C=O) groups excluding carboxylic acids is 2. The van der Waals surface area contributed by atoms with Crippen molar-refractivity contribution in [1.29, 1.82) is 0 Å². The van der Waals surface area contributed by atoms with Gasteiger partial charge in [0.05, 0.1) is 23.6 Å². The number of benzene rings is 2. The summed E-state index contributed by atoms with van der Waals surface area (Å²) in [5.74, 6) is 1.51. The molecule has 5 aliphatic rings. The lowest BCUT2D eigenvalue weighted by Gasteiger charge is -2.48. The first-order valence-electron chi connectivity index (χ1n) is 12.7. The summed E-state index contributed by atoms with van der Waals surface area (Å²) >= 11 is 0. The molecular formula is C28H32N2O3. The molecule has 2 amide bonds. The van der Waals surface area contributed by atoms with Gasteiger partial charge in [-0.2, -0.15) is 0 Å². The molecule has 7 atom stereocenters. The first-order chi connectivity index (χ1) is 16.1. The van der Waals surface area contributed by atoms with Crippen molar-refractivity contribution in [3.63, 3.8) is 0 Å². The summed E-state index contributed by atoms with van der Waals surface area (Å²) < 4.78 is 5.68. The number of likely N-dealkylation sites (tertiary alicyclic amines) is 2. The fraction of sp³-hybridized carbons (Fsp3) is 0.571. The quantitative estimate of drug-likeness (QED) is 0.717. The topological polar surface area (TPSA) is 49.9 Å². The molecule has 2 heterocycles. The molecule has 5 fully saturated rings. The van der Waals surface area contributed by atoms with E-state index in [1.165, 1.54) is 16.3 Å². The molecule has 172 valence electrons. The molecule has 0 radical (unpaired) electrons. The minimum atomic E-state index is -0.171. The van der Waals surface area contributed by atoms with Crippen LogP contribution in [0.4, 0.5) is 0 Å². The molecule has 5 heteroatoms. The normalized spacial score (nSPS) is 38.5. The maximum absolute atomic E-state index is 13.6. The van der Waals surface area contributed by atoms with Crippen LogP contribution in [0.2, 0.25) is 0 Å². The Morgan fingerprint density at radius 3 is 2.45 bits per heavy atom. The second-order valence-corrected chi connectivity index (χ2v) is 11.1. The Labute approximate surface area is 195 Å². The number of rotatable bonds is 4. The van der Waals surface area contributed by atoms with E-state index in [2.05, 4.69) is 52.3 Å². The summed E-state index contributed by atoms with van der Waals surface area (Å²) in [6.07, 6.45) is 6.28.